The van der Waals surface area contributed by atoms with Crippen molar-refractivity contribution in [3.05, 3.63) is 53.7 Å². The number of aromatic nitrogens is 2. The molecule has 0 aliphatic heterocycles. The minimum Gasteiger partial charge on any atom is -0.392 e. The monoisotopic (exact) mass is 295 g/mol. The zero-order valence-corrected chi connectivity index (χ0v) is 13.0. The summed E-state index contributed by atoms with van der Waals surface area (Å²) in [7, 11) is 0. The predicted molar refractivity (Wildman–Crippen MR) is 89.7 cm³/mol. The average molecular weight is 295 g/mol. The summed E-state index contributed by atoms with van der Waals surface area (Å²) < 4.78 is 1.82. The predicted octanol–water partition coefficient (Wildman–Crippen LogP) is 3.59. The maximum absolute atomic E-state index is 9.24. The van der Waals surface area contributed by atoms with Gasteiger partial charge in [0.25, 0.3) is 0 Å². The Morgan fingerprint density at radius 3 is 2.55 bits per heavy atom. The highest BCUT2D eigenvalue weighted by Crippen LogP contribution is 2.28. The van der Waals surface area contributed by atoms with E-state index in [2.05, 4.69) is 43.1 Å². The van der Waals surface area contributed by atoms with E-state index < -0.39 is 0 Å². The summed E-state index contributed by atoms with van der Waals surface area (Å²) in [4.78, 5) is 4.61. The third-order valence-corrected chi connectivity index (χ3v) is 4.26. The molecule has 22 heavy (non-hydrogen) atoms. The molecule has 0 spiro atoms. The number of nitrogens with two attached hydrogens (primary N) is 1. The Morgan fingerprint density at radius 2 is 1.91 bits per heavy atom. The van der Waals surface area contributed by atoms with Gasteiger partial charge in [-0.05, 0) is 29.5 Å². The summed E-state index contributed by atoms with van der Waals surface area (Å²) in [5.41, 5.74) is 11.0. The van der Waals surface area contributed by atoms with Gasteiger partial charge >= 0.3 is 0 Å². The van der Waals surface area contributed by atoms with Gasteiger partial charge in [-0.1, -0.05) is 44.2 Å². The lowest BCUT2D eigenvalue weighted by atomic mass is 9.97. The molecule has 0 amide bonds. The van der Waals surface area contributed by atoms with Crippen molar-refractivity contribution in [2.24, 2.45) is 0 Å². The van der Waals surface area contributed by atoms with E-state index in [4.69, 9.17) is 5.73 Å². The second kappa shape index (κ2) is 5.81. The SMILES string of the molecule is CCC(C)c1ccc(-c2nc3ccc(CO)cn3c2N)cc1. The summed E-state index contributed by atoms with van der Waals surface area (Å²) in [6.07, 6.45) is 2.95. The van der Waals surface area contributed by atoms with Crippen molar-refractivity contribution in [2.75, 3.05) is 5.73 Å². The topological polar surface area (TPSA) is 63.5 Å². The van der Waals surface area contributed by atoms with Crippen LogP contribution in [0.15, 0.2) is 42.6 Å². The molecule has 1 unspecified atom stereocenters. The third kappa shape index (κ3) is 2.46. The minimum absolute atomic E-state index is 0.00744. The minimum atomic E-state index is -0.00744. The van der Waals surface area contributed by atoms with Crippen molar-refractivity contribution in [1.29, 1.82) is 0 Å². The Bertz CT molecular complexity index is 790. The van der Waals surface area contributed by atoms with Crippen molar-refractivity contribution >= 4 is 11.5 Å². The van der Waals surface area contributed by atoms with Crippen molar-refractivity contribution in [3.63, 3.8) is 0 Å². The number of hydrogen-bond acceptors (Lipinski definition) is 3. The van der Waals surface area contributed by atoms with Crippen molar-refractivity contribution in [1.82, 2.24) is 9.38 Å². The summed E-state index contributed by atoms with van der Waals surface area (Å²) in [6, 6.07) is 12.2. The van der Waals surface area contributed by atoms with Crippen LogP contribution < -0.4 is 5.73 Å². The van der Waals surface area contributed by atoms with Gasteiger partial charge in [0.2, 0.25) is 0 Å². The standard InChI is InChI=1S/C18H21N3O/c1-3-12(2)14-5-7-15(8-6-14)17-18(19)21-10-13(11-22)4-9-16(21)20-17/h4-10,12,22H,3,11,19H2,1-2H3. The number of imidazole rings is 1. The van der Waals surface area contributed by atoms with E-state index in [1.807, 2.05) is 22.7 Å². The number of hydrogen-bond donors (Lipinski definition) is 2. The Morgan fingerprint density at radius 1 is 1.18 bits per heavy atom. The first-order valence-electron chi connectivity index (χ1n) is 7.61. The molecule has 0 bridgehead atoms. The van der Waals surface area contributed by atoms with E-state index in [-0.39, 0.29) is 6.61 Å². The second-order valence-corrected chi connectivity index (χ2v) is 5.70. The largest absolute Gasteiger partial charge is 0.392 e. The zero-order chi connectivity index (χ0) is 15.7. The molecule has 2 aromatic heterocycles. The molecule has 3 rings (SSSR count). The van der Waals surface area contributed by atoms with Crippen LogP contribution in [0.1, 0.15) is 37.3 Å². The van der Waals surface area contributed by atoms with Gasteiger partial charge in [-0.3, -0.25) is 4.40 Å². The van der Waals surface area contributed by atoms with E-state index in [0.717, 1.165) is 28.9 Å². The van der Waals surface area contributed by atoms with Gasteiger partial charge in [0.1, 0.15) is 17.2 Å². The van der Waals surface area contributed by atoms with Crippen LogP contribution in [0.5, 0.6) is 0 Å². The number of benzene rings is 1. The highest BCUT2D eigenvalue weighted by Gasteiger charge is 2.12. The molecule has 0 aliphatic rings. The number of nitrogens with zero attached hydrogens (tertiary/aromatic N) is 2. The van der Waals surface area contributed by atoms with Gasteiger partial charge in [-0.15, -0.1) is 0 Å². The van der Waals surface area contributed by atoms with Gasteiger partial charge in [-0.25, -0.2) is 4.98 Å². The molecule has 3 aromatic rings. The van der Waals surface area contributed by atoms with Crippen LogP contribution in [0.2, 0.25) is 0 Å². The molecule has 0 saturated heterocycles. The first-order valence-corrected chi connectivity index (χ1v) is 7.61. The van der Waals surface area contributed by atoms with Gasteiger partial charge in [-0.2, -0.15) is 0 Å². The van der Waals surface area contributed by atoms with Crippen LogP contribution in [0.3, 0.4) is 0 Å². The van der Waals surface area contributed by atoms with E-state index >= 15 is 0 Å². The highest BCUT2D eigenvalue weighted by molar-refractivity contribution is 5.75. The number of pyridine rings is 1. The van der Waals surface area contributed by atoms with Crippen LogP contribution in [-0.4, -0.2) is 14.5 Å². The number of aliphatic hydroxyl groups is 1. The zero-order valence-electron chi connectivity index (χ0n) is 13.0. The molecule has 0 aliphatic carbocycles. The van der Waals surface area contributed by atoms with E-state index in [0.29, 0.717) is 11.7 Å². The number of rotatable bonds is 4. The van der Waals surface area contributed by atoms with Gasteiger partial charge in [0.15, 0.2) is 0 Å². The quantitative estimate of drug-likeness (QED) is 0.773. The molecule has 4 nitrogen and oxygen atoms in total. The molecule has 0 fully saturated rings. The first-order chi connectivity index (χ1) is 10.6. The molecule has 4 heteroatoms. The van der Waals surface area contributed by atoms with Crippen molar-refractivity contribution < 1.29 is 5.11 Å². The fraction of sp³-hybridized carbons (Fsp3) is 0.278. The van der Waals surface area contributed by atoms with Gasteiger partial charge in [0, 0.05) is 11.8 Å². The first kappa shape index (κ1) is 14.6. The Hall–Kier alpha value is -2.33. The van der Waals surface area contributed by atoms with Crippen LogP contribution in [0.25, 0.3) is 16.9 Å². The molecule has 3 N–H and O–H groups in total. The number of anilines is 1. The fourth-order valence-corrected chi connectivity index (χ4v) is 2.62. The molecule has 114 valence electrons. The summed E-state index contributed by atoms with van der Waals surface area (Å²) in [5, 5.41) is 9.24. The third-order valence-electron chi connectivity index (χ3n) is 4.26. The molecule has 1 aromatic carbocycles. The molecular weight excluding hydrogens is 274 g/mol. The highest BCUT2D eigenvalue weighted by atomic mass is 16.3. The smallest absolute Gasteiger partial charge is 0.139 e. The molecule has 2 heterocycles. The van der Waals surface area contributed by atoms with Crippen LogP contribution in [-0.2, 0) is 6.61 Å². The average Bonchev–Trinajstić information content (AvgIpc) is 2.90. The Balaban J connectivity index is 2.04. The number of fused-ring (bicyclic) bond motifs is 1. The second-order valence-electron chi connectivity index (χ2n) is 5.70. The summed E-state index contributed by atoms with van der Waals surface area (Å²) >= 11 is 0. The van der Waals surface area contributed by atoms with Crippen molar-refractivity contribution in [3.8, 4) is 11.3 Å². The van der Waals surface area contributed by atoms with E-state index in [1.165, 1.54) is 5.56 Å². The Labute approximate surface area is 130 Å². The van der Waals surface area contributed by atoms with Crippen LogP contribution >= 0.6 is 0 Å². The Kier molecular flexibility index (Phi) is 3.86. The lowest BCUT2D eigenvalue weighted by Gasteiger charge is -2.09. The lowest BCUT2D eigenvalue weighted by molar-refractivity contribution is 0.281. The fourth-order valence-electron chi connectivity index (χ4n) is 2.62. The van der Waals surface area contributed by atoms with E-state index in [1.54, 1.807) is 0 Å². The summed E-state index contributed by atoms with van der Waals surface area (Å²) in [5.74, 6) is 1.15. The maximum atomic E-state index is 9.24. The molecule has 1 atom stereocenters. The number of nitrogen functional groups attached to an aromatic ring is 1. The van der Waals surface area contributed by atoms with E-state index in [9.17, 15) is 5.11 Å². The van der Waals surface area contributed by atoms with Gasteiger partial charge in [0.05, 0.1) is 6.61 Å². The van der Waals surface area contributed by atoms with Crippen LogP contribution in [0.4, 0.5) is 5.82 Å². The molecule has 0 radical (unpaired) electrons. The normalized spacial score (nSPS) is 12.7. The molecular formula is C18H21N3O. The number of aliphatic hydroxyl groups excluding tert-OH is 1. The summed E-state index contributed by atoms with van der Waals surface area (Å²) in [6.45, 7) is 4.41. The van der Waals surface area contributed by atoms with Crippen LogP contribution in [0, 0.1) is 0 Å². The maximum Gasteiger partial charge on any atom is 0.139 e. The lowest BCUT2D eigenvalue weighted by Crippen LogP contribution is -1.96. The van der Waals surface area contributed by atoms with Gasteiger partial charge < -0.3 is 10.8 Å². The van der Waals surface area contributed by atoms with Crippen molar-refractivity contribution in [2.45, 2.75) is 32.8 Å². The molecule has 0 saturated carbocycles.